The number of rotatable bonds is 5. The van der Waals surface area contributed by atoms with Crippen LogP contribution in [0.15, 0.2) is 24.3 Å². The molecule has 1 aromatic carbocycles. The van der Waals surface area contributed by atoms with Crippen molar-refractivity contribution in [2.24, 2.45) is 0 Å². The van der Waals surface area contributed by atoms with Gasteiger partial charge in [-0.15, -0.1) is 0 Å². The number of benzene rings is 1. The van der Waals surface area contributed by atoms with Crippen molar-refractivity contribution in [3.8, 4) is 0 Å². The number of anilines is 1. The molecule has 5 nitrogen and oxygen atoms in total. The number of hydrogen-bond donors (Lipinski definition) is 2. The van der Waals surface area contributed by atoms with Gasteiger partial charge < -0.3 is 20.1 Å². The van der Waals surface area contributed by atoms with Gasteiger partial charge >= 0.3 is 6.09 Å². The third-order valence-electron chi connectivity index (χ3n) is 3.63. The Morgan fingerprint density at radius 3 is 2.48 bits per heavy atom. The van der Waals surface area contributed by atoms with Crippen LogP contribution < -0.4 is 10.6 Å². The van der Waals surface area contributed by atoms with E-state index in [1.54, 1.807) is 0 Å². The molecule has 23 heavy (non-hydrogen) atoms. The lowest BCUT2D eigenvalue weighted by Gasteiger charge is -2.24. The fraction of sp³-hybridized carbons (Fsp3) is 0.611. The van der Waals surface area contributed by atoms with E-state index in [1.165, 1.54) is 5.56 Å². The number of amides is 1. The molecular formula is C18H28N2O3. The van der Waals surface area contributed by atoms with Crippen molar-refractivity contribution in [2.45, 2.75) is 51.7 Å². The Balaban J connectivity index is 1.71. The van der Waals surface area contributed by atoms with E-state index in [1.807, 2.05) is 20.8 Å². The fourth-order valence-electron chi connectivity index (χ4n) is 2.47. The molecule has 1 heterocycles. The van der Waals surface area contributed by atoms with Crippen LogP contribution in [-0.4, -0.2) is 37.5 Å². The molecule has 2 N–H and O–H groups in total. The van der Waals surface area contributed by atoms with E-state index in [0.29, 0.717) is 12.6 Å². The van der Waals surface area contributed by atoms with Gasteiger partial charge in [-0.3, -0.25) is 0 Å². The summed E-state index contributed by atoms with van der Waals surface area (Å²) in [4.78, 5) is 11.6. The van der Waals surface area contributed by atoms with Crippen molar-refractivity contribution in [2.75, 3.05) is 25.1 Å². The van der Waals surface area contributed by atoms with Crippen LogP contribution in [0.4, 0.5) is 10.5 Å². The monoisotopic (exact) mass is 320 g/mol. The van der Waals surface area contributed by atoms with Gasteiger partial charge in [0.25, 0.3) is 0 Å². The molecule has 0 spiro atoms. The van der Waals surface area contributed by atoms with Gasteiger partial charge in [-0.2, -0.15) is 0 Å². The minimum absolute atomic E-state index is 0.365. The molecule has 0 aliphatic carbocycles. The van der Waals surface area contributed by atoms with Crippen molar-refractivity contribution in [1.29, 1.82) is 0 Å². The van der Waals surface area contributed by atoms with Gasteiger partial charge in [-0.1, -0.05) is 12.1 Å². The molecule has 0 saturated carbocycles. The van der Waals surface area contributed by atoms with E-state index in [2.05, 4.69) is 34.9 Å². The van der Waals surface area contributed by atoms with Crippen LogP contribution in [0.2, 0.25) is 0 Å². The van der Waals surface area contributed by atoms with E-state index in [0.717, 1.165) is 38.2 Å². The molecule has 0 aromatic heterocycles. The fourth-order valence-corrected chi connectivity index (χ4v) is 2.47. The first-order valence-corrected chi connectivity index (χ1v) is 8.32. The van der Waals surface area contributed by atoms with Gasteiger partial charge in [0, 0.05) is 31.5 Å². The Bertz CT molecular complexity index is 488. The highest BCUT2D eigenvalue weighted by molar-refractivity contribution is 5.67. The average molecular weight is 320 g/mol. The standard InChI is InChI=1S/C18H28N2O3/c1-18(2,3)23-17(21)19-11-8-14-4-6-15(7-5-14)20-16-9-12-22-13-10-16/h4-7,16,20H,8-13H2,1-3H3,(H,19,21). The van der Waals surface area contributed by atoms with Gasteiger partial charge in [0.15, 0.2) is 0 Å². The SMILES string of the molecule is CC(C)(C)OC(=O)NCCc1ccc(NC2CCOCC2)cc1. The molecule has 1 aromatic rings. The summed E-state index contributed by atoms with van der Waals surface area (Å²) in [6.45, 7) is 7.82. The Morgan fingerprint density at radius 2 is 1.87 bits per heavy atom. The third kappa shape index (κ3) is 6.91. The topological polar surface area (TPSA) is 59.6 Å². The number of alkyl carbamates (subject to hydrolysis) is 1. The zero-order chi connectivity index (χ0) is 16.7. The molecule has 0 atom stereocenters. The maximum absolute atomic E-state index is 11.6. The van der Waals surface area contributed by atoms with Crippen molar-refractivity contribution in [1.82, 2.24) is 5.32 Å². The Kier molecular flexibility index (Phi) is 6.28. The van der Waals surface area contributed by atoms with Crippen LogP contribution in [0.25, 0.3) is 0 Å². The molecule has 1 fully saturated rings. The third-order valence-corrected chi connectivity index (χ3v) is 3.63. The van der Waals surface area contributed by atoms with E-state index >= 15 is 0 Å². The minimum Gasteiger partial charge on any atom is -0.444 e. The number of hydrogen-bond acceptors (Lipinski definition) is 4. The summed E-state index contributed by atoms with van der Waals surface area (Å²) < 4.78 is 10.6. The highest BCUT2D eigenvalue weighted by atomic mass is 16.6. The van der Waals surface area contributed by atoms with Crippen LogP contribution in [0, 0.1) is 0 Å². The van der Waals surface area contributed by atoms with Crippen molar-refractivity contribution in [3.05, 3.63) is 29.8 Å². The molecule has 1 amide bonds. The molecule has 5 heteroatoms. The van der Waals surface area contributed by atoms with E-state index in [4.69, 9.17) is 9.47 Å². The first-order valence-electron chi connectivity index (χ1n) is 8.32. The molecule has 128 valence electrons. The molecule has 0 radical (unpaired) electrons. The first kappa shape index (κ1) is 17.6. The maximum atomic E-state index is 11.6. The molecule has 1 saturated heterocycles. The highest BCUT2D eigenvalue weighted by Gasteiger charge is 2.15. The van der Waals surface area contributed by atoms with Gasteiger partial charge in [-0.25, -0.2) is 4.79 Å². The van der Waals surface area contributed by atoms with Crippen LogP contribution in [0.5, 0.6) is 0 Å². The number of carbonyl (C=O) groups is 1. The van der Waals surface area contributed by atoms with Crippen LogP contribution in [-0.2, 0) is 15.9 Å². The van der Waals surface area contributed by atoms with Crippen molar-refractivity contribution < 1.29 is 14.3 Å². The quantitative estimate of drug-likeness (QED) is 0.873. The van der Waals surface area contributed by atoms with Crippen molar-refractivity contribution >= 4 is 11.8 Å². The summed E-state index contributed by atoms with van der Waals surface area (Å²) in [5.41, 5.74) is 1.88. The zero-order valence-corrected chi connectivity index (χ0v) is 14.4. The van der Waals surface area contributed by atoms with Crippen LogP contribution in [0.1, 0.15) is 39.2 Å². The largest absolute Gasteiger partial charge is 0.444 e. The summed E-state index contributed by atoms with van der Waals surface area (Å²) in [5.74, 6) is 0. The second-order valence-corrected chi connectivity index (χ2v) is 6.91. The summed E-state index contributed by atoms with van der Waals surface area (Å²) in [7, 11) is 0. The van der Waals surface area contributed by atoms with E-state index in [-0.39, 0.29) is 6.09 Å². The molecule has 0 bridgehead atoms. The molecule has 0 unspecified atom stereocenters. The zero-order valence-electron chi connectivity index (χ0n) is 14.4. The van der Waals surface area contributed by atoms with E-state index < -0.39 is 5.60 Å². The number of nitrogens with one attached hydrogen (secondary N) is 2. The smallest absolute Gasteiger partial charge is 0.407 e. The first-order chi connectivity index (χ1) is 10.9. The second-order valence-electron chi connectivity index (χ2n) is 6.91. The van der Waals surface area contributed by atoms with Gasteiger partial charge in [-0.05, 0) is 57.7 Å². The van der Waals surface area contributed by atoms with Gasteiger partial charge in [0.2, 0.25) is 0 Å². The van der Waals surface area contributed by atoms with Crippen molar-refractivity contribution in [3.63, 3.8) is 0 Å². The lowest BCUT2D eigenvalue weighted by atomic mass is 10.1. The molecule has 1 aliphatic rings. The lowest BCUT2D eigenvalue weighted by molar-refractivity contribution is 0.0528. The normalized spacial score (nSPS) is 16.0. The average Bonchev–Trinajstić information content (AvgIpc) is 2.48. The number of ether oxygens (including phenoxy) is 2. The van der Waals surface area contributed by atoms with E-state index in [9.17, 15) is 4.79 Å². The lowest BCUT2D eigenvalue weighted by Crippen LogP contribution is -2.33. The van der Waals surface area contributed by atoms with Crippen LogP contribution in [0.3, 0.4) is 0 Å². The molecule has 1 aliphatic heterocycles. The van der Waals surface area contributed by atoms with Gasteiger partial charge in [0.1, 0.15) is 5.60 Å². The summed E-state index contributed by atoms with van der Waals surface area (Å²) in [5, 5.41) is 6.32. The number of carbonyl (C=O) groups excluding carboxylic acids is 1. The van der Waals surface area contributed by atoms with Crippen LogP contribution >= 0.6 is 0 Å². The highest BCUT2D eigenvalue weighted by Crippen LogP contribution is 2.16. The summed E-state index contributed by atoms with van der Waals surface area (Å²) in [6.07, 6.45) is 2.54. The predicted molar refractivity (Wildman–Crippen MR) is 91.8 cm³/mol. The summed E-state index contributed by atoms with van der Waals surface area (Å²) >= 11 is 0. The Morgan fingerprint density at radius 1 is 1.22 bits per heavy atom. The predicted octanol–water partition coefficient (Wildman–Crippen LogP) is 3.34. The Hall–Kier alpha value is -1.75. The molecular weight excluding hydrogens is 292 g/mol. The minimum atomic E-state index is -0.457. The second kappa shape index (κ2) is 8.20. The Labute approximate surface area is 138 Å². The van der Waals surface area contributed by atoms with Gasteiger partial charge in [0.05, 0.1) is 0 Å². The summed E-state index contributed by atoms with van der Waals surface area (Å²) in [6, 6.07) is 8.89. The molecule has 2 rings (SSSR count). The maximum Gasteiger partial charge on any atom is 0.407 e.